The average Bonchev–Trinajstić information content (AvgIpc) is 2.77. The minimum atomic E-state index is -4.25. The molecule has 0 saturated heterocycles. The summed E-state index contributed by atoms with van der Waals surface area (Å²) < 4.78 is 40.5. The van der Waals surface area contributed by atoms with Crippen LogP contribution < -0.4 is 5.32 Å². The number of rotatable bonds is 4. The fourth-order valence-electron chi connectivity index (χ4n) is 1.34. The Bertz CT molecular complexity index is 496. The maximum absolute atomic E-state index is 11.9. The molecule has 0 aliphatic rings. The molecule has 4 nitrogen and oxygen atoms in total. The molecule has 1 N–H and O–H groups in total. The molecule has 2 aromatic rings. The van der Waals surface area contributed by atoms with Gasteiger partial charge in [0.2, 0.25) is 11.7 Å². The summed E-state index contributed by atoms with van der Waals surface area (Å²) in [6.45, 7) is -1.20. The third-order valence-electron chi connectivity index (χ3n) is 2.10. The Labute approximate surface area is 101 Å². The molecule has 0 spiro atoms. The molecule has 1 aromatic heterocycles. The van der Waals surface area contributed by atoms with Gasteiger partial charge in [-0.2, -0.15) is 18.2 Å². The number of hydrogen-bond donors (Lipinski definition) is 1. The Morgan fingerprint density at radius 2 is 1.89 bits per heavy atom. The standard InChI is InChI=1S/C11H10F3N3O/c12-11(13,14)7-15-6-9-16-10(17-18-9)8-4-2-1-3-5-8/h1-5,15H,6-7H2. The zero-order chi connectivity index (χ0) is 13.0. The van der Waals surface area contributed by atoms with Gasteiger partial charge in [0.1, 0.15) is 0 Å². The van der Waals surface area contributed by atoms with Gasteiger partial charge >= 0.3 is 6.18 Å². The summed E-state index contributed by atoms with van der Waals surface area (Å²) in [6.07, 6.45) is -4.25. The lowest BCUT2D eigenvalue weighted by molar-refractivity contribution is -0.125. The first-order valence-electron chi connectivity index (χ1n) is 5.20. The topological polar surface area (TPSA) is 51.0 Å². The Morgan fingerprint density at radius 1 is 1.17 bits per heavy atom. The number of benzene rings is 1. The summed E-state index contributed by atoms with van der Waals surface area (Å²) in [5, 5.41) is 5.88. The van der Waals surface area contributed by atoms with Gasteiger partial charge in [0, 0.05) is 5.56 Å². The summed E-state index contributed by atoms with van der Waals surface area (Å²) in [5.74, 6) is 0.484. The van der Waals surface area contributed by atoms with Crippen LogP contribution in [0.15, 0.2) is 34.9 Å². The highest BCUT2D eigenvalue weighted by molar-refractivity contribution is 5.53. The van der Waals surface area contributed by atoms with Gasteiger partial charge in [0.15, 0.2) is 0 Å². The number of halogens is 3. The molecule has 0 aliphatic carbocycles. The van der Waals surface area contributed by atoms with Crippen molar-refractivity contribution < 1.29 is 17.7 Å². The lowest BCUT2D eigenvalue weighted by Gasteiger charge is -2.05. The Morgan fingerprint density at radius 3 is 2.56 bits per heavy atom. The minimum absolute atomic E-state index is 0.112. The lowest BCUT2D eigenvalue weighted by Crippen LogP contribution is -2.28. The van der Waals surface area contributed by atoms with Gasteiger partial charge in [-0.1, -0.05) is 35.5 Å². The minimum Gasteiger partial charge on any atom is -0.338 e. The Balaban J connectivity index is 1.95. The van der Waals surface area contributed by atoms with Crippen LogP contribution in [0.5, 0.6) is 0 Å². The van der Waals surface area contributed by atoms with Gasteiger partial charge < -0.3 is 9.84 Å². The van der Waals surface area contributed by atoms with Crippen LogP contribution in [0.4, 0.5) is 13.2 Å². The second kappa shape index (κ2) is 5.18. The van der Waals surface area contributed by atoms with E-state index in [1.165, 1.54) is 0 Å². The molecule has 1 heterocycles. The molecule has 0 radical (unpaired) electrons. The van der Waals surface area contributed by atoms with Crippen molar-refractivity contribution in [1.29, 1.82) is 0 Å². The summed E-state index contributed by atoms with van der Waals surface area (Å²) in [5.41, 5.74) is 0.753. The molecule has 7 heteroatoms. The smallest absolute Gasteiger partial charge is 0.338 e. The normalized spacial score (nSPS) is 11.7. The van der Waals surface area contributed by atoms with Crippen molar-refractivity contribution in [1.82, 2.24) is 15.5 Å². The highest BCUT2D eigenvalue weighted by Crippen LogP contribution is 2.15. The summed E-state index contributed by atoms with van der Waals surface area (Å²) in [6, 6.07) is 9.05. The molecule has 0 fully saturated rings. The van der Waals surface area contributed by atoms with Gasteiger partial charge in [-0.15, -0.1) is 0 Å². The maximum atomic E-state index is 11.9. The molecule has 2 rings (SSSR count). The SMILES string of the molecule is FC(F)(F)CNCc1nc(-c2ccccc2)no1. The van der Waals surface area contributed by atoms with Crippen LogP contribution in [0.1, 0.15) is 5.89 Å². The molecule has 0 unspecified atom stereocenters. The number of nitrogens with one attached hydrogen (secondary N) is 1. The van der Waals surface area contributed by atoms with Gasteiger partial charge in [-0.3, -0.25) is 0 Å². The highest BCUT2D eigenvalue weighted by atomic mass is 19.4. The predicted molar refractivity (Wildman–Crippen MR) is 57.5 cm³/mol. The van der Waals surface area contributed by atoms with Crippen molar-refractivity contribution in [3.05, 3.63) is 36.2 Å². The molecule has 0 atom stereocenters. The Hall–Kier alpha value is -1.89. The van der Waals surface area contributed by atoms with E-state index in [0.29, 0.717) is 5.82 Å². The van der Waals surface area contributed by atoms with E-state index in [1.807, 2.05) is 18.2 Å². The third-order valence-corrected chi connectivity index (χ3v) is 2.10. The van der Waals surface area contributed by atoms with E-state index in [1.54, 1.807) is 12.1 Å². The molecule has 0 bridgehead atoms. The van der Waals surface area contributed by atoms with Crippen LogP contribution in [-0.4, -0.2) is 22.9 Å². The zero-order valence-corrected chi connectivity index (χ0v) is 9.24. The Kier molecular flexibility index (Phi) is 3.61. The number of nitrogens with zero attached hydrogens (tertiary/aromatic N) is 2. The number of alkyl halides is 3. The van der Waals surface area contributed by atoms with E-state index in [0.717, 1.165) is 5.56 Å². The zero-order valence-electron chi connectivity index (χ0n) is 9.24. The second-order valence-corrected chi connectivity index (χ2v) is 3.60. The average molecular weight is 257 g/mol. The van der Waals surface area contributed by atoms with Crippen LogP contribution in [-0.2, 0) is 6.54 Å². The number of hydrogen-bond acceptors (Lipinski definition) is 4. The van der Waals surface area contributed by atoms with E-state index >= 15 is 0 Å². The van der Waals surface area contributed by atoms with E-state index in [2.05, 4.69) is 15.5 Å². The van der Waals surface area contributed by atoms with E-state index in [-0.39, 0.29) is 12.4 Å². The van der Waals surface area contributed by atoms with Crippen molar-refractivity contribution in [3.63, 3.8) is 0 Å². The maximum Gasteiger partial charge on any atom is 0.401 e. The molecular weight excluding hydrogens is 247 g/mol. The largest absolute Gasteiger partial charge is 0.401 e. The van der Waals surface area contributed by atoms with E-state index in [9.17, 15) is 13.2 Å². The first-order valence-corrected chi connectivity index (χ1v) is 5.20. The van der Waals surface area contributed by atoms with Crippen LogP contribution in [0.25, 0.3) is 11.4 Å². The van der Waals surface area contributed by atoms with E-state index < -0.39 is 12.7 Å². The van der Waals surface area contributed by atoms with E-state index in [4.69, 9.17) is 4.52 Å². The van der Waals surface area contributed by atoms with Gasteiger partial charge in [-0.05, 0) is 0 Å². The van der Waals surface area contributed by atoms with Crippen LogP contribution in [0.3, 0.4) is 0 Å². The monoisotopic (exact) mass is 257 g/mol. The van der Waals surface area contributed by atoms with Crippen LogP contribution >= 0.6 is 0 Å². The molecule has 0 amide bonds. The van der Waals surface area contributed by atoms with Crippen molar-refractivity contribution in [2.45, 2.75) is 12.7 Å². The molecule has 1 aromatic carbocycles. The summed E-state index contributed by atoms with van der Waals surface area (Å²) >= 11 is 0. The van der Waals surface area contributed by atoms with Gasteiger partial charge in [-0.25, -0.2) is 0 Å². The number of aromatic nitrogens is 2. The summed E-state index contributed by atoms with van der Waals surface area (Å²) in [7, 11) is 0. The lowest BCUT2D eigenvalue weighted by atomic mass is 10.2. The fourth-order valence-corrected chi connectivity index (χ4v) is 1.34. The van der Waals surface area contributed by atoms with Crippen molar-refractivity contribution >= 4 is 0 Å². The van der Waals surface area contributed by atoms with Gasteiger partial charge in [0.25, 0.3) is 0 Å². The first kappa shape index (κ1) is 12.6. The fraction of sp³-hybridized carbons (Fsp3) is 0.273. The molecule has 0 aliphatic heterocycles. The quantitative estimate of drug-likeness (QED) is 0.913. The summed E-state index contributed by atoms with van der Waals surface area (Å²) in [4.78, 5) is 3.99. The van der Waals surface area contributed by atoms with Gasteiger partial charge in [0.05, 0.1) is 13.1 Å². The molecule has 0 saturated carbocycles. The first-order chi connectivity index (χ1) is 8.54. The highest BCUT2D eigenvalue weighted by Gasteiger charge is 2.26. The van der Waals surface area contributed by atoms with Crippen LogP contribution in [0.2, 0.25) is 0 Å². The third kappa shape index (κ3) is 3.56. The molecule has 18 heavy (non-hydrogen) atoms. The molecule has 96 valence electrons. The van der Waals surface area contributed by atoms with Crippen molar-refractivity contribution in [3.8, 4) is 11.4 Å². The van der Waals surface area contributed by atoms with Crippen molar-refractivity contribution in [2.75, 3.05) is 6.54 Å². The van der Waals surface area contributed by atoms with Crippen LogP contribution in [0, 0.1) is 0 Å². The van der Waals surface area contributed by atoms with Crippen molar-refractivity contribution in [2.24, 2.45) is 0 Å². The molecular formula is C11H10F3N3O. The predicted octanol–water partition coefficient (Wildman–Crippen LogP) is 2.39. The second-order valence-electron chi connectivity index (χ2n) is 3.60.